The van der Waals surface area contributed by atoms with Gasteiger partial charge in [-0.3, -0.25) is 0 Å². The second kappa shape index (κ2) is 8.40. The smallest absolute Gasteiger partial charge is 0.353 e. The van der Waals surface area contributed by atoms with Gasteiger partial charge >= 0.3 is 6.18 Å². The molecule has 0 rings (SSSR count). The number of rotatable bonds is 7. The molecule has 0 aliphatic heterocycles. The largest absolute Gasteiger partial charge is 0.414 e. The lowest BCUT2D eigenvalue weighted by Crippen LogP contribution is -2.24. The molecule has 0 aromatic carbocycles. The van der Waals surface area contributed by atoms with E-state index in [1.165, 1.54) is 6.26 Å². The summed E-state index contributed by atoms with van der Waals surface area (Å²) >= 11 is 0.770. The highest BCUT2D eigenvalue weighted by Gasteiger charge is 2.38. The summed E-state index contributed by atoms with van der Waals surface area (Å²) in [5.74, 6) is 0. The monoisotopic (exact) mass is 283 g/mol. The molecule has 0 aliphatic rings. The van der Waals surface area contributed by atoms with E-state index in [9.17, 15) is 13.2 Å². The van der Waals surface area contributed by atoms with Crippen LogP contribution in [0.25, 0.3) is 0 Å². The zero-order valence-corrected chi connectivity index (χ0v) is 11.3. The van der Waals surface area contributed by atoms with Crippen LogP contribution in [-0.4, -0.2) is 31.9 Å². The molecule has 7 heteroatoms. The van der Waals surface area contributed by atoms with Gasteiger partial charge in [0.2, 0.25) is 0 Å². The van der Waals surface area contributed by atoms with Gasteiger partial charge in [0, 0.05) is 19.6 Å². The van der Waals surface area contributed by atoms with Crippen LogP contribution in [0.5, 0.6) is 0 Å². The Morgan fingerprint density at radius 3 is 2.06 bits per heavy atom. The number of nitriles is 1. The van der Waals surface area contributed by atoms with Gasteiger partial charge in [-0.05, 0) is 20.1 Å². The quantitative estimate of drug-likeness (QED) is 0.530. The minimum absolute atomic E-state index is 0.247. The Morgan fingerprint density at radius 2 is 1.78 bits per heavy atom. The number of allylic oxidation sites excluding steroid dienone is 1. The number of hydrogen-bond donors (Lipinski definition) is 0. The molecule has 0 aliphatic carbocycles. The predicted octanol–water partition coefficient (Wildman–Crippen LogP) is 3.48. The lowest BCUT2D eigenvalue weighted by atomic mass is 10.1. The van der Waals surface area contributed by atoms with Crippen molar-refractivity contribution in [3.05, 3.63) is 10.5 Å². The van der Waals surface area contributed by atoms with Crippen molar-refractivity contribution in [3.63, 3.8) is 0 Å². The van der Waals surface area contributed by atoms with Gasteiger partial charge in [0.05, 0.1) is 10.5 Å². The maximum atomic E-state index is 12.9. The van der Waals surface area contributed by atoms with E-state index >= 15 is 0 Å². The van der Waals surface area contributed by atoms with Gasteiger partial charge in [-0.15, -0.1) is 11.8 Å². The number of ether oxygens (including phenoxy) is 2. The van der Waals surface area contributed by atoms with Gasteiger partial charge in [-0.25, -0.2) is 0 Å². The maximum absolute atomic E-state index is 12.9. The van der Waals surface area contributed by atoms with Crippen LogP contribution in [0, 0.1) is 11.3 Å². The van der Waals surface area contributed by atoms with Gasteiger partial charge in [-0.2, -0.15) is 18.4 Å². The highest BCUT2D eigenvalue weighted by Crippen LogP contribution is 2.35. The Labute approximate surface area is 109 Å². The molecule has 0 aromatic rings. The highest BCUT2D eigenvalue weighted by atomic mass is 32.2. The molecule has 0 bridgehead atoms. The zero-order valence-electron chi connectivity index (χ0n) is 10.5. The molecule has 0 saturated heterocycles. The van der Waals surface area contributed by atoms with Crippen molar-refractivity contribution in [2.24, 2.45) is 0 Å². The normalized spacial score (nSPS) is 13.4. The van der Waals surface area contributed by atoms with Gasteiger partial charge in [0.15, 0.2) is 6.29 Å². The van der Waals surface area contributed by atoms with Crippen molar-refractivity contribution >= 4 is 11.8 Å². The van der Waals surface area contributed by atoms with Crippen molar-refractivity contribution in [1.82, 2.24) is 0 Å². The predicted molar refractivity (Wildman–Crippen MR) is 63.9 cm³/mol. The van der Waals surface area contributed by atoms with Crippen LogP contribution in [-0.2, 0) is 9.47 Å². The molecular weight excluding hydrogens is 267 g/mol. The third-order valence-electron chi connectivity index (χ3n) is 2.00. The van der Waals surface area contributed by atoms with Gasteiger partial charge in [-0.1, -0.05) is 0 Å². The molecule has 0 radical (unpaired) electrons. The van der Waals surface area contributed by atoms with Crippen LogP contribution in [0.2, 0.25) is 0 Å². The van der Waals surface area contributed by atoms with E-state index in [2.05, 4.69) is 0 Å². The van der Waals surface area contributed by atoms with Gasteiger partial charge in [0.1, 0.15) is 6.07 Å². The summed E-state index contributed by atoms with van der Waals surface area (Å²) < 4.78 is 48.7. The standard InChI is InChI=1S/C11H16F3NO2S/c1-4-16-10(17-5-2)6-8(11(12,13)14)9(7-15)18-3/h10H,4-6H2,1-3H3. The van der Waals surface area contributed by atoms with E-state index in [0.29, 0.717) is 0 Å². The van der Waals surface area contributed by atoms with E-state index in [-0.39, 0.29) is 18.1 Å². The Hall–Kier alpha value is -0.710. The van der Waals surface area contributed by atoms with Crippen molar-refractivity contribution in [2.45, 2.75) is 32.7 Å². The number of hydrogen-bond acceptors (Lipinski definition) is 4. The first kappa shape index (κ1) is 17.3. The first-order chi connectivity index (χ1) is 8.40. The van der Waals surface area contributed by atoms with Crippen LogP contribution in [0.1, 0.15) is 20.3 Å². The van der Waals surface area contributed by atoms with Crippen molar-refractivity contribution < 1.29 is 22.6 Å². The van der Waals surface area contributed by atoms with Crippen molar-refractivity contribution in [2.75, 3.05) is 19.5 Å². The fourth-order valence-corrected chi connectivity index (χ4v) is 1.81. The second-order valence-electron chi connectivity index (χ2n) is 3.17. The summed E-state index contributed by atoms with van der Waals surface area (Å²) in [6.45, 7) is 3.83. The Bertz CT molecular complexity index is 317. The SMILES string of the molecule is CCOC(CC(=C(C#N)SC)C(F)(F)F)OCC. The topological polar surface area (TPSA) is 42.2 Å². The van der Waals surface area contributed by atoms with Gasteiger partial charge < -0.3 is 9.47 Å². The molecule has 0 fully saturated rings. The van der Waals surface area contributed by atoms with Gasteiger partial charge in [0.25, 0.3) is 0 Å². The molecule has 0 saturated carbocycles. The van der Waals surface area contributed by atoms with Crippen LogP contribution >= 0.6 is 11.8 Å². The van der Waals surface area contributed by atoms with E-state index in [4.69, 9.17) is 14.7 Å². The summed E-state index contributed by atoms with van der Waals surface area (Å²) in [5.41, 5.74) is -0.899. The Morgan fingerprint density at radius 1 is 1.28 bits per heavy atom. The fraction of sp³-hybridized carbons (Fsp3) is 0.727. The number of thioether (sulfide) groups is 1. The van der Waals surface area contributed by atoms with Crippen LogP contribution in [0.4, 0.5) is 13.2 Å². The number of alkyl halides is 3. The van der Waals surface area contributed by atoms with Crippen molar-refractivity contribution in [3.8, 4) is 6.07 Å². The molecule has 0 unspecified atom stereocenters. The van der Waals surface area contributed by atoms with E-state index in [1.54, 1.807) is 19.9 Å². The number of halogens is 3. The summed E-state index contributed by atoms with van der Waals surface area (Å²) in [6, 6.07) is 1.56. The van der Waals surface area contributed by atoms with Crippen LogP contribution < -0.4 is 0 Å². The third kappa shape index (κ3) is 5.76. The summed E-state index contributed by atoms with van der Waals surface area (Å²) in [7, 11) is 0. The van der Waals surface area contributed by atoms with Crippen LogP contribution in [0.15, 0.2) is 10.5 Å². The molecule has 0 atom stereocenters. The molecule has 3 nitrogen and oxygen atoms in total. The Balaban J connectivity index is 5.12. The molecule has 0 heterocycles. The molecule has 0 amide bonds. The van der Waals surface area contributed by atoms with E-state index < -0.39 is 24.5 Å². The molecule has 0 aromatic heterocycles. The second-order valence-corrected chi connectivity index (χ2v) is 3.98. The molecule has 18 heavy (non-hydrogen) atoms. The summed E-state index contributed by atoms with van der Waals surface area (Å²) in [5, 5.41) is 8.72. The third-order valence-corrected chi connectivity index (χ3v) is 2.74. The molecule has 0 spiro atoms. The molecule has 104 valence electrons. The first-order valence-electron chi connectivity index (χ1n) is 5.38. The first-order valence-corrected chi connectivity index (χ1v) is 6.60. The highest BCUT2D eigenvalue weighted by molar-refractivity contribution is 8.02. The molecule has 0 N–H and O–H groups in total. The van der Waals surface area contributed by atoms with E-state index in [1.807, 2.05) is 0 Å². The average Bonchev–Trinajstić information content (AvgIpc) is 2.28. The fourth-order valence-electron chi connectivity index (χ4n) is 1.28. The van der Waals surface area contributed by atoms with Crippen molar-refractivity contribution in [1.29, 1.82) is 5.26 Å². The average molecular weight is 283 g/mol. The van der Waals surface area contributed by atoms with E-state index in [0.717, 1.165) is 11.8 Å². The minimum atomic E-state index is -4.56. The Kier molecular flexibility index (Phi) is 8.07. The minimum Gasteiger partial charge on any atom is -0.353 e. The number of nitrogens with zero attached hydrogens (tertiary/aromatic N) is 1. The maximum Gasteiger partial charge on any atom is 0.414 e. The summed E-state index contributed by atoms with van der Waals surface area (Å²) in [4.78, 5) is -0.355. The van der Waals surface area contributed by atoms with Crippen LogP contribution in [0.3, 0.4) is 0 Å². The zero-order chi connectivity index (χ0) is 14.2. The summed E-state index contributed by atoms with van der Waals surface area (Å²) in [6.07, 6.45) is -4.58. The molecular formula is C11H16F3NO2S. The lowest BCUT2D eigenvalue weighted by molar-refractivity contribution is -0.150. The lowest BCUT2D eigenvalue weighted by Gasteiger charge is -2.20.